The molecule has 0 bridgehead atoms. The highest BCUT2D eigenvalue weighted by atomic mass is 35.5. The summed E-state index contributed by atoms with van der Waals surface area (Å²) in [6.07, 6.45) is 3.17. The van der Waals surface area contributed by atoms with Crippen LogP contribution in [-0.2, 0) is 15.6 Å². The molecule has 0 unspecified atom stereocenters. The van der Waals surface area contributed by atoms with Crippen LogP contribution in [-0.4, -0.2) is 41.6 Å². The van der Waals surface area contributed by atoms with Crippen LogP contribution in [0.1, 0.15) is 26.6 Å². The van der Waals surface area contributed by atoms with Crippen LogP contribution in [0.5, 0.6) is 5.75 Å². The van der Waals surface area contributed by atoms with Crippen LogP contribution in [0.4, 0.5) is 5.69 Å². The lowest BCUT2D eigenvalue weighted by molar-refractivity contribution is 0.102. The van der Waals surface area contributed by atoms with Crippen LogP contribution in [0.15, 0.2) is 59.1 Å². The lowest BCUT2D eigenvalue weighted by atomic mass is 10.0. The maximum atomic E-state index is 13.4. The Labute approximate surface area is 227 Å². The highest BCUT2D eigenvalue weighted by molar-refractivity contribution is 7.90. The average molecular weight is 568 g/mol. The second-order valence-corrected chi connectivity index (χ2v) is 12.0. The number of rotatable bonds is 7. The van der Waals surface area contributed by atoms with E-state index in [1.165, 1.54) is 18.4 Å². The number of nitrogens with one attached hydrogen (secondary N) is 2. The van der Waals surface area contributed by atoms with E-state index in [9.17, 15) is 13.2 Å². The molecule has 1 amide bonds. The van der Waals surface area contributed by atoms with Crippen molar-refractivity contribution in [2.45, 2.75) is 24.5 Å². The number of hydrogen-bond acceptors (Lipinski definition) is 8. The fourth-order valence-corrected chi connectivity index (χ4v) is 6.49. The van der Waals surface area contributed by atoms with Crippen LogP contribution in [0.25, 0.3) is 22.0 Å². The first-order valence-corrected chi connectivity index (χ1v) is 14.3. The minimum absolute atomic E-state index is 0.0824. The summed E-state index contributed by atoms with van der Waals surface area (Å²) in [5.74, 6) is -0.454. The normalized spacial score (nSPS) is 11.6. The van der Waals surface area contributed by atoms with Crippen molar-refractivity contribution in [3.8, 4) is 16.9 Å². The molecule has 3 aromatic heterocycles. The number of carbonyl (C=O) groups excluding carboxylic acids is 1. The topological polar surface area (TPSA) is 127 Å². The van der Waals surface area contributed by atoms with Crippen molar-refractivity contribution < 1.29 is 17.9 Å². The molecule has 0 radical (unpaired) electrons. The summed E-state index contributed by atoms with van der Waals surface area (Å²) >= 11 is 7.73. The number of aromatic amines is 1. The molecule has 2 N–H and O–H groups in total. The third-order valence-electron chi connectivity index (χ3n) is 5.90. The molecule has 0 aliphatic carbocycles. The van der Waals surface area contributed by atoms with Crippen LogP contribution in [0.2, 0.25) is 5.15 Å². The highest BCUT2D eigenvalue weighted by Crippen LogP contribution is 2.34. The van der Waals surface area contributed by atoms with Gasteiger partial charge in [0.2, 0.25) is 0 Å². The third-order valence-corrected chi connectivity index (χ3v) is 8.70. The number of carbonyl (C=O) groups is 1. The van der Waals surface area contributed by atoms with E-state index in [1.54, 1.807) is 48.1 Å². The van der Waals surface area contributed by atoms with Crippen molar-refractivity contribution in [3.63, 3.8) is 0 Å². The van der Waals surface area contributed by atoms with Gasteiger partial charge in [-0.25, -0.2) is 18.4 Å². The van der Waals surface area contributed by atoms with Crippen LogP contribution in [0.3, 0.4) is 0 Å². The van der Waals surface area contributed by atoms with Crippen molar-refractivity contribution >= 4 is 55.3 Å². The Morgan fingerprint density at radius 3 is 2.68 bits per heavy atom. The van der Waals surface area contributed by atoms with Gasteiger partial charge in [-0.2, -0.15) is 5.10 Å². The standard InChI is InChI=1S/C26H22ClN5O4S2/c1-14-4-5-23(36-3)24(6-14)38(34,35)13-18-7-17(10-28-25(18)27)16-8-20(19-11-29-32-21(19)9-16)31-26(33)22-12-37-15(2)30-22/h4-12H,13H2,1-3H3,(H,29,32)(H,31,33). The maximum Gasteiger partial charge on any atom is 0.275 e. The van der Waals surface area contributed by atoms with E-state index >= 15 is 0 Å². The molecule has 9 nitrogen and oxygen atoms in total. The van der Waals surface area contributed by atoms with E-state index in [2.05, 4.69) is 25.5 Å². The number of aryl methyl sites for hydroxylation is 2. The van der Waals surface area contributed by atoms with E-state index in [0.29, 0.717) is 39.0 Å². The van der Waals surface area contributed by atoms with Crippen molar-refractivity contribution in [1.29, 1.82) is 0 Å². The number of anilines is 1. The van der Waals surface area contributed by atoms with E-state index in [1.807, 2.05) is 19.9 Å². The number of nitrogens with zero attached hydrogens (tertiary/aromatic N) is 3. The fraction of sp³-hybridized carbons (Fsp3) is 0.154. The zero-order valence-electron chi connectivity index (χ0n) is 20.6. The number of ether oxygens (including phenoxy) is 1. The molecule has 5 aromatic rings. The van der Waals surface area contributed by atoms with Gasteiger partial charge in [0.15, 0.2) is 9.84 Å². The monoisotopic (exact) mass is 567 g/mol. The van der Waals surface area contributed by atoms with Crippen molar-refractivity contribution in [3.05, 3.63) is 81.2 Å². The molecule has 5 rings (SSSR count). The number of aromatic nitrogens is 4. The Bertz CT molecular complexity index is 1800. The van der Waals surface area contributed by atoms with Crippen molar-refractivity contribution in [1.82, 2.24) is 20.2 Å². The van der Waals surface area contributed by atoms with Gasteiger partial charge in [-0.05, 0) is 55.3 Å². The smallest absolute Gasteiger partial charge is 0.275 e. The first kappa shape index (κ1) is 25.8. The van der Waals surface area contributed by atoms with Crippen LogP contribution >= 0.6 is 22.9 Å². The number of amides is 1. The minimum Gasteiger partial charge on any atom is -0.495 e. The fourth-order valence-electron chi connectivity index (χ4n) is 4.04. The van der Waals surface area contributed by atoms with Gasteiger partial charge < -0.3 is 10.1 Å². The summed E-state index contributed by atoms with van der Waals surface area (Å²) in [6, 6.07) is 10.3. The Kier molecular flexibility index (Phi) is 6.91. The largest absolute Gasteiger partial charge is 0.495 e. The van der Waals surface area contributed by atoms with Gasteiger partial charge in [-0.1, -0.05) is 17.7 Å². The summed E-state index contributed by atoms with van der Waals surface area (Å²) in [4.78, 5) is 21.4. The molecule has 0 saturated heterocycles. The van der Waals surface area contributed by atoms with E-state index in [-0.39, 0.29) is 27.5 Å². The SMILES string of the molecule is COc1ccc(C)cc1S(=O)(=O)Cc1cc(-c2cc(NC(=O)c3csc(C)n3)c3cn[nH]c3c2)cnc1Cl. The van der Waals surface area contributed by atoms with Gasteiger partial charge >= 0.3 is 0 Å². The zero-order valence-corrected chi connectivity index (χ0v) is 23.0. The quantitative estimate of drug-likeness (QED) is 0.245. The second-order valence-electron chi connectivity index (χ2n) is 8.65. The molecule has 38 heavy (non-hydrogen) atoms. The summed E-state index contributed by atoms with van der Waals surface area (Å²) in [5.41, 5.74) is 3.95. The van der Waals surface area contributed by atoms with Crippen molar-refractivity contribution in [2.24, 2.45) is 0 Å². The summed E-state index contributed by atoms with van der Waals surface area (Å²) in [5, 5.41) is 13.2. The third kappa shape index (κ3) is 5.13. The molecule has 0 spiro atoms. The van der Waals surface area contributed by atoms with Gasteiger partial charge in [-0.3, -0.25) is 9.89 Å². The van der Waals surface area contributed by atoms with E-state index in [4.69, 9.17) is 16.3 Å². The second kappa shape index (κ2) is 10.2. The average Bonchev–Trinajstić information content (AvgIpc) is 3.54. The number of sulfone groups is 1. The number of halogens is 1. The number of benzene rings is 2. The van der Waals surface area contributed by atoms with Crippen LogP contribution < -0.4 is 10.1 Å². The molecular formula is C26H22ClN5O4S2. The molecule has 0 fully saturated rings. The predicted molar refractivity (Wildman–Crippen MR) is 148 cm³/mol. The lowest BCUT2D eigenvalue weighted by Crippen LogP contribution is -2.12. The number of fused-ring (bicyclic) bond motifs is 1. The molecule has 3 heterocycles. The number of hydrogen-bond donors (Lipinski definition) is 2. The van der Waals surface area contributed by atoms with Crippen LogP contribution in [0, 0.1) is 13.8 Å². The first-order valence-electron chi connectivity index (χ1n) is 11.4. The summed E-state index contributed by atoms with van der Waals surface area (Å²) in [6.45, 7) is 3.64. The summed E-state index contributed by atoms with van der Waals surface area (Å²) < 4.78 is 32.0. The first-order chi connectivity index (χ1) is 18.1. The number of methoxy groups -OCH3 is 1. The molecule has 0 saturated carbocycles. The van der Waals surface area contributed by atoms with E-state index < -0.39 is 9.84 Å². The summed E-state index contributed by atoms with van der Waals surface area (Å²) in [7, 11) is -2.38. The van der Waals surface area contributed by atoms with E-state index in [0.717, 1.165) is 10.6 Å². The Morgan fingerprint density at radius 1 is 1.13 bits per heavy atom. The molecule has 0 atom stereocenters. The Morgan fingerprint density at radius 2 is 1.95 bits per heavy atom. The predicted octanol–water partition coefficient (Wildman–Crippen LogP) is 5.59. The number of thiazole rings is 1. The Hall–Kier alpha value is -3.80. The maximum absolute atomic E-state index is 13.4. The molecule has 194 valence electrons. The molecular weight excluding hydrogens is 546 g/mol. The van der Waals surface area contributed by atoms with Gasteiger partial charge in [0.25, 0.3) is 5.91 Å². The number of pyridine rings is 1. The Balaban J connectivity index is 1.52. The highest BCUT2D eigenvalue weighted by Gasteiger charge is 2.23. The minimum atomic E-state index is -3.81. The molecule has 0 aliphatic rings. The van der Waals surface area contributed by atoms with Crippen molar-refractivity contribution in [2.75, 3.05) is 12.4 Å². The van der Waals surface area contributed by atoms with Gasteiger partial charge in [0, 0.05) is 28.1 Å². The van der Waals surface area contributed by atoms with Gasteiger partial charge in [-0.15, -0.1) is 11.3 Å². The molecule has 2 aromatic carbocycles. The zero-order chi connectivity index (χ0) is 27.0. The molecule has 0 aliphatic heterocycles. The van der Waals surface area contributed by atoms with Gasteiger partial charge in [0.1, 0.15) is 21.5 Å². The lowest BCUT2D eigenvalue weighted by Gasteiger charge is -2.13. The molecule has 12 heteroatoms. The van der Waals surface area contributed by atoms with Gasteiger partial charge in [0.05, 0.1) is 35.3 Å². The number of H-pyrrole nitrogens is 1.